The molecule has 0 aliphatic heterocycles. The molecule has 102 valence electrons. The predicted molar refractivity (Wildman–Crippen MR) is 74.0 cm³/mol. The van der Waals surface area contributed by atoms with Crippen molar-refractivity contribution < 1.29 is 9.59 Å². The number of hydrogen-bond donors (Lipinski definition) is 3. The molecule has 2 amide bonds. The van der Waals surface area contributed by atoms with Crippen LogP contribution < -0.4 is 16.4 Å². The van der Waals surface area contributed by atoms with Gasteiger partial charge in [-0.15, -0.1) is 0 Å². The van der Waals surface area contributed by atoms with Crippen molar-refractivity contribution in [3.05, 3.63) is 0 Å². The van der Waals surface area contributed by atoms with E-state index in [9.17, 15) is 9.59 Å². The van der Waals surface area contributed by atoms with Crippen molar-refractivity contribution in [2.75, 3.05) is 6.54 Å². The van der Waals surface area contributed by atoms with E-state index in [0.717, 1.165) is 12.8 Å². The van der Waals surface area contributed by atoms with Crippen LogP contribution in [0.5, 0.6) is 0 Å². The lowest BCUT2D eigenvalue weighted by atomic mass is 9.81. The van der Waals surface area contributed by atoms with Crippen LogP contribution in [-0.2, 0) is 9.59 Å². The quantitative estimate of drug-likeness (QED) is 0.588. The molecule has 0 unspecified atom stereocenters. The summed E-state index contributed by atoms with van der Waals surface area (Å²) >= 11 is 4.98. The minimum absolute atomic E-state index is 0.0142. The van der Waals surface area contributed by atoms with Crippen molar-refractivity contribution in [1.82, 2.24) is 10.6 Å². The van der Waals surface area contributed by atoms with Crippen LogP contribution in [0.25, 0.3) is 0 Å². The number of amides is 2. The maximum Gasteiger partial charge on any atom is 0.239 e. The summed E-state index contributed by atoms with van der Waals surface area (Å²) in [5.41, 5.74) is 4.82. The highest BCUT2D eigenvalue weighted by atomic mass is 32.1. The molecule has 18 heavy (non-hydrogen) atoms. The number of rotatable bonds is 7. The summed E-state index contributed by atoms with van der Waals surface area (Å²) in [5.74, 6) is -0.416. The summed E-state index contributed by atoms with van der Waals surface area (Å²) in [6, 6.07) is 0.298. The van der Waals surface area contributed by atoms with Gasteiger partial charge >= 0.3 is 0 Å². The van der Waals surface area contributed by atoms with Gasteiger partial charge in [0.2, 0.25) is 11.8 Å². The molecule has 0 radical (unpaired) electrons. The normalized spacial score (nSPS) is 15.0. The summed E-state index contributed by atoms with van der Waals surface area (Å²) in [5, 5.41) is 5.43. The molecule has 0 spiro atoms. The van der Waals surface area contributed by atoms with E-state index in [-0.39, 0.29) is 23.3 Å². The third kappa shape index (κ3) is 3.41. The van der Waals surface area contributed by atoms with Gasteiger partial charge in [0.1, 0.15) is 0 Å². The zero-order valence-electron chi connectivity index (χ0n) is 10.9. The summed E-state index contributed by atoms with van der Waals surface area (Å²) in [7, 11) is 0. The van der Waals surface area contributed by atoms with Crippen LogP contribution in [0, 0.1) is 5.41 Å². The number of carbonyl (C=O) groups is 2. The Morgan fingerprint density at radius 1 is 1.33 bits per heavy atom. The Morgan fingerprint density at radius 3 is 2.28 bits per heavy atom. The van der Waals surface area contributed by atoms with E-state index in [2.05, 4.69) is 10.6 Å². The molecule has 5 nitrogen and oxygen atoms in total. The number of nitrogens with one attached hydrogen (secondary N) is 2. The third-order valence-corrected chi connectivity index (χ3v) is 3.86. The second-order valence-corrected chi connectivity index (χ2v) is 5.12. The summed E-state index contributed by atoms with van der Waals surface area (Å²) in [6.07, 6.45) is 3.13. The Kier molecular flexibility index (Phi) is 5.07. The van der Waals surface area contributed by atoms with Gasteiger partial charge in [-0.05, 0) is 25.7 Å². The average molecular weight is 271 g/mol. The predicted octanol–water partition coefficient (Wildman–Crippen LogP) is 0.474. The standard InChI is InChI=1S/C12H21N3O2S/c1-3-12(4-2,10(13)18)11(17)14-7-9(16)15-8-5-6-8/h8H,3-7H2,1-2H3,(H2,13,18)(H,14,17)(H,15,16). The van der Waals surface area contributed by atoms with E-state index >= 15 is 0 Å². The smallest absolute Gasteiger partial charge is 0.239 e. The summed E-state index contributed by atoms with van der Waals surface area (Å²) in [4.78, 5) is 23.8. The van der Waals surface area contributed by atoms with Gasteiger partial charge in [0.15, 0.2) is 0 Å². The van der Waals surface area contributed by atoms with Gasteiger partial charge in [0, 0.05) is 6.04 Å². The molecular weight excluding hydrogens is 250 g/mol. The van der Waals surface area contributed by atoms with Crippen LogP contribution in [0.3, 0.4) is 0 Å². The largest absolute Gasteiger partial charge is 0.392 e. The number of carbonyl (C=O) groups excluding carboxylic acids is 2. The first-order valence-electron chi connectivity index (χ1n) is 6.33. The topological polar surface area (TPSA) is 84.2 Å². The molecule has 0 heterocycles. The second kappa shape index (κ2) is 6.13. The first-order valence-corrected chi connectivity index (χ1v) is 6.74. The monoisotopic (exact) mass is 271 g/mol. The van der Waals surface area contributed by atoms with E-state index in [1.54, 1.807) is 0 Å². The fourth-order valence-electron chi connectivity index (χ4n) is 1.87. The SMILES string of the molecule is CCC(CC)(C(=O)NCC(=O)NC1CC1)C(N)=S. The molecule has 0 aromatic heterocycles. The minimum atomic E-state index is -0.838. The molecule has 4 N–H and O–H groups in total. The highest BCUT2D eigenvalue weighted by Gasteiger charge is 2.38. The Bertz CT molecular complexity index is 349. The Hall–Kier alpha value is -1.17. The van der Waals surface area contributed by atoms with Gasteiger partial charge in [0.25, 0.3) is 0 Å². The van der Waals surface area contributed by atoms with Crippen molar-refractivity contribution in [2.24, 2.45) is 11.1 Å². The molecule has 6 heteroatoms. The zero-order chi connectivity index (χ0) is 13.8. The van der Waals surface area contributed by atoms with Gasteiger partial charge in [-0.3, -0.25) is 9.59 Å². The van der Waals surface area contributed by atoms with Crippen molar-refractivity contribution >= 4 is 29.0 Å². The molecule has 1 aliphatic carbocycles. The lowest BCUT2D eigenvalue weighted by Gasteiger charge is -2.28. The molecule has 0 atom stereocenters. The minimum Gasteiger partial charge on any atom is -0.392 e. The van der Waals surface area contributed by atoms with Crippen LogP contribution in [0.15, 0.2) is 0 Å². The Morgan fingerprint density at radius 2 is 1.89 bits per heavy atom. The number of thiocarbonyl (C=S) groups is 1. The van der Waals surface area contributed by atoms with Crippen LogP contribution >= 0.6 is 12.2 Å². The van der Waals surface area contributed by atoms with Gasteiger partial charge in [0.05, 0.1) is 16.9 Å². The molecule has 0 saturated heterocycles. The van der Waals surface area contributed by atoms with Crippen LogP contribution in [-0.4, -0.2) is 29.4 Å². The second-order valence-electron chi connectivity index (χ2n) is 4.68. The lowest BCUT2D eigenvalue weighted by molar-refractivity contribution is -0.130. The molecular formula is C12H21N3O2S. The van der Waals surface area contributed by atoms with Gasteiger partial charge < -0.3 is 16.4 Å². The summed E-state index contributed by atoms with van der Waals surface area (Å²) < 4.78 is 0. The van der Waals surface area contributed by atoms with E-state index in [0.29, 0.717) is 18.9 Å². The fraction of sp³-hybridized carbons (Fsp3) is 0.750. The van der Waals surface area contributed by atoms with Crippen molar-refractivity contribution in [3.63, 3.8) is 0 Å². The Labute approximate surface area is 113 Å². The van der Waals surface area contributed by atoms with Gasteiger partial charge in [-0.1, -0.05) is 26.1 Å². The fourth-order valence-corrected chi connectivity index (χ4v) is 2.25. The van der Waals surface area contributed by atoms with Gasteiger partial charge in [-0.25, -0.2) is 0 Å². The van der Waals surface area contributed by atoms with Crippen molar-refractivity contribution in [3.8, 4) is 0 Å². The third-order valence-electron chi connectivity index (χ3n) is 3.47. The average Bonchev–Trinajstić information content (AvgIpc) is 3.12. The molecule has 0 aromatic carbocycles. The first-order chi connectivity index (χ1) is 8.46. The number of hydrogen-bond acceptors (Lipinski definition) is 3. The summed E-state index contributed by atoms with van der Waals surface area (Å²) in [6.45, 7) is 3.72. The molecule has 1 rings (SSSR count). The van der Waals surface area contributed by atoms with E-state index in [1.807, 2.05) is 13.8 Å². The molecule has 0 bridgehead atoms. The van der Waals surface area contributed by atoms with Crippen molar-refractivity contribution in [2.45, 2.75) is 45.6 Å². The number of nitrogens with two attached hydrogens (primary N) is 1. The van der Waals surface area contributed by atoms with E-state index in [4.69, 9.17) is 18.0 Å². The van der Waals surface area contributed by atoms with Crippen LogP contribution in [0.2, 0.25) is 0 Å². The molecule has 1 saturated carbocycles. The van der Waals surface area contributed by atoms with Gasteiger partial charge in [-0.2, -0.15) is 0 Å². The highest BCUT2D eigenvalue weighted by Crippen LogP contribution is 2.27. The highest BCUT2D eigenvalue weighted by molar-refractivity contribution is 7.80. The van der Waals surface area contributed by atoms with Crippen molar-refractivity contribution in [1.29, 1.82) is 0 Å². The maximum atomic E-state index is 12.1. The van der Waals surface area contributed by atoms with Crippen LogP contribution in [0.1, 0.15) is 39.5 Å². The van der Waals surface area contributed by atoms with Crippen LogP contribution in [0.4, 0.5) is 0 Å². The van der Waals surface area contributed by atoms with E-state index < -0.39 is 5.41 Å². The first kappa shape index (κ1) is 14.9. The molecule has 0 aromatic rings. The lowest BCUT2D eigenvalue weighted by Crippen LogP contribution is -2.50. The zero-order valence-corrected chi connectivity index (χ0v) is 11.7. The maximum absolute atomic E-state index is 12.1. The molecule has 1 aliphatic rings. The Balaban J connectivity index is 2.50. The van der Waals surface area contributed by atoms with E-state index in [1.165, 1.54) is 0 Å². The molecule has 1 fully saturated rings.